The highest BCUT2D eigenvalue weighted by atomic mass is 15.2. The molecule has 0 N–H and O–H groups in total. The average Bonchev–Trinajstić information content (AvgIpc) is 3.06. The molecule has 0 spiro atoms. The number of pyridine rings is 1. The molecule has 1 saturated heterocycles. The molecule has 1 fully saturated rings. The van der Waals surface area contributed by atoms with Gasteiger partial charge in [0.15, 0.2) is 0 Å². The number of nitrogens with zero attached hydrogens (tertiary/aromatic N) is 4. The Labute approximate surface area is 114 Å². The predicted molar refractivity (Wildman–Crippen MR) is 74.7 cm³/mol. The molecule has 4 heteroatoms. The molecule has 100 valence electrons. The first-order valence-corrected chi connectivity index (χ1v) is 6.97. The van der Waals surface area contributed by atoms with Crippen LogP contribution in [0.2, 0.25) is 0 Å². The molecule has 4 nitrogen and oxygen atoms in total. The van der Waals surface area contributed by atoms with Gasteiger partial charge in [-0.25, -0.2) is 4.98 Å². The van der Waals surface area contributed by atoms with Crippen molar-refractivity contribution in [1.29, 1.82) is 0 Å². The summed E-state index contributed by atoms with van der Waals surface area (Å²) in [5.41, 5.74) is 1.21. The van der Waals surface area contributed by atoms with Crippen LogP contribution in [0.1, 0.15) is 30.4 Å². The van der Waals surface area contributed by atoms with Gasteiger partial charge < -0.3 is 4.57 Å². The third kappa shape index (κ3) is 2.68. The number of aryl methyl sites for hydroxylation is 1. The van der Waals surface area contributed by atoms with Gasteiger partial charge in [-0.15, -0.1) is 0 Å². The van der Waals surface area contributed by atoms with Gasteiger partial charge in [0.2, 0.25) is 0 Å². The standard InChI is InChI=1S/C15H20N4/c1-13-16-8-10-18(13)11-12-19-9-4-6-15(19)14-5-2-3-7-17-14/h2-3,5,7-8,10,15H,4,6,9,11-12H2,1H3. The first-order valence-electron chi connectivity index (χ1n) is 6.97. The molecule has 0 aromatic carbocycles. The largest absolute Gasteiger partial charge is 0.334 e. The maximum atomic E-state index is 4.51. The molecule has 3 heterocycles. The van der Waals surface area contributed by atoms with Crippen molar-refractivity contribution < 1.29 is 0 Å². The summed E-state index contributed by atoms with van der Waals surface area (Å²) < 4.78 is 2.22. The quantitative estimate of drug-likeness (QED) is 0.842. The monoisotopic (exact) mass is 256 g/mol. The van der Waals surface area contributed by atoms with E-state index < -0.39 is 0 Å². The number of aromatic nitrogens is 3. The Balaban J connectivity index is 1.66. The van der Waals surface area contributed by atoms with Crippen LogP contribution in [-0.4, -0.2) is 32.5 Å². The summed E-state index contributed by atoms with van der Waals surface area (Å²) in [6.07, 6.45) is 8.31. The molecule has 2 aromatic heterocycles. The van der Waals surface area contributed by atoms with Crippen molar-refractivity contribution in [2.45, 2.75) is 32.4 Å². The second-order valence-corrected chi connectivity index (χ2v) is 5.12. The fraction of sp³-hybridized carbons (Fsp3) is 0.467. The third-order valence-corrected chi connectivity index (χ3v) is 3.94. The highest BCUT2D eigenvalue weighted by Gasteiger charge is 2.26. The lowest BCUT2D eigenvalue weighted by atomic mass is 10.1. The Morgan fingerprint density at radius 3 is 2.89 bits per heavy atom. The summed E-state index contributed by atoms with van der Waals surface area (Å²) in [5.74, 6) is 1.09. The highest BCUT2D eigenvalue weighted by Crippen LogP contribution is 2.30. The fourth-order valence-electron chi connectivity index (χ4n) is 2.88. The molecule has 1 aliphatic rings. The maximum absolute atomic E-state index is 4.51. The van der Waals surface area contributed by atoms with Gasteiger partial charge >= 0.3 is 0 Å². The normalized spacial score (nSPS) is 19.9. The SMILES string of the molecule is Cc1nccn1CCN1CCCC1c1ccccn1. The van der Waals surface area contributed by atoms with E-state index in [0.29, 0.717) is 6.04 Å². The van der Waals surface area contributed by atoms with E-state index >= 15 is 0 Å². The van der Waals surface area contributed by atoms with Gasteiger partial charge in [-0.1, -0.05) is 6.07 Å². The van der Waals surface area contributed by atoms with E-state index in [1.807, 2.05) is 18.5 Å². The second kappa shape index (κ2) is 5.53. The van der Waals surface area contributed by atoms with Crippen molar-refractivity contribution in [2.75, 3.05) is 13.1 Å². The van der Waals surface area contributed by atoms with E-state index in [1.165, 1.54) is 25.1 Å². The summed E-state index contributed by atoms with van der Waals surface area (Å²) in [6, 6.07) is 6.70. The maximum Gasteiger partial charge on any atom is 0.105 e. The molecule has 1 unspecified atom stereocenters. The minimum Gasteiger partial charge on any atom is -0.334 e. The lowest BCUT2D eigenvalue weighted by Gasteiger charge is -2.24. The Kier molecular flexibility index (Phi) is 3.60. The molecule has 3 rings (SSSR count). The number of likely N-dealkylation sites (tertiary alicyclic amines) is 1. The van der Waals surface area contributed by atoms with Crippen molar-refractivity contribution in [3.63, 3.8) is 0 Å². The van der Waals surface area contributed by atoms with Crippen molar-refractivity contribution in [3.8, 4) is 0 Å². The van der Waals surface area contributed by atoms with Gasteiger partial charge in [0.1, 0.15) is 5.82 Å². The van der Waals surface area contributed by atoms with Crippen LogP contribution in [0.5, 0.6) is 0 Å². The number of hydrogen-bond donors (Lipinski definition) is 0. The van der Waals surface area contributed by atoms with Crippen LogP contribution in [0.3, 0.4) is 0 Å². The van der Waals surface area contributed by atoms with Crippen LogP contribution in [0.15, 0.2) is 36.8 Å². The van der Waals surface area contributed by atoms with Crippen LogP contribution >= 0.6 is 0 Å². The second-order valence-electron chi connectivity index (χ2n) is 5.12. The Morgan fingerprint density at radius 2 is 2.16 bits per heavy atom. The highest BCUT2D eigenvalue weighted by molar-refractivity contribution is 5.10. The number of rotatable bonds is 4. The molecule has 0 amide bonds. The van der Waals surface area contributed by atoms with Gasteiger partial charge in [0, 0.05) is 31.7 Å². The summed E-state index contributed by atoms with van der Waals surface area (Å²) in [4.78, 5) is 11.3. The van der Waals surface area contributed by atoms with E-state index in [9.17, 15) is 0 Å². The molecular weight excluding hydrogens is 236 g/mol. The topological polar surface area (TPSA) is 34.0 Å². The van der Waals surface area contributed by atoms with E-state index in [0.717, 1.165) is 18.9 Å². The minimum atomic E-state index is 0.491. The molecule has 0 aliphatic carbocycles. The van der Waals surface area contributed by atoms with Crippen LogP contribution in [0.4, 0.5) is 0 Å². The lowest BCUT2D eigenvalue weighted by Crippen LogP contribution is -2.27. The van der Waals surface area contributed by atoms with E-state index in [4.69, 9.17) is 0 Å². The average molecular weight is 256 g/mol. The predicted octanol–water partition coefficient (Wildman–Crippen LogP) is 2.42. The Bertz CT molecular complexity index is 520. The molecule has 19 heavy (non-hydrogen) atoms. The van der Waals surface area contributed by atoms with Gasteiger partial charge in [-0.3, -0.25) is 9.88 Å². The third-order valence-electron chi connectivity index (χ3n) is 3.94. The zero-order valence-electron chi connectivity index (χ0n) is 11.4. The van der Waals surface area contributed by atoms with E-state index in [1.54, 1.807) is 0 Å². The molecule has 0 bridgehead atoms. The summed E-state index contributed by atoms with van der Waals surface area (Å²) in [7, 11) is 0. The minimum absolute atomic E-state index is 0.491. The van der Waals surface area contributed by atoms with Crippen molar-refractivity contribution in [3.05, 3.63) is 48.3 Å². The van der Waals surface area contributed by atoms with Crippen molar-refractivity contribution >= 4 is 0 Å². The summed E-state index contributed by atoms with van der Waals surface area (Å²) in [6.45, 7) is 5.31. The molecular formula is C15H20N4. The molecule has 0 saturated carbocycles. The van der Waals surface area contributed by atoms with Gasteiger partial charge in [-0.2, -0.15) is 0 Å². The zero-order chi connectivity index (χ0) is 13.1. The Hall–Kier alpha value is -1.68. The van der Waals surface area contributed by atoms with Gasteiger partial charge in [-0.05, 0) is 38.4 Å². The van der Waals surface area contributed by atoms with Crippen molar-refractivity contribution in [1.82, 2.24) is 19.4 Å². The lowest BCUT2D eigenvalue weighted by molar-refractivity contribution is 0.242. The molecule has 0 radical (unpaired) electrons. The fourth-order valence-corrected chi connectivity index (χ4v) is 2.88. The molecule has 1 atom stereocenters. The van der Waals surface area contributed by atoms with Crippen LogP contribution in [0.25, 0.3) is 0 Å². The van der Waals surface area contributed by atoms with Gasteiger partial charge in [0.25, 0.3) is 0 Å². The zero-order valence-corrected chi connectivity index (χ0v) is 11.4. The first kappa shape index (κ1) is 12.4. The van der Waals surface area contributed by atoms with Crippen molar-refractivity contribution in [2.24, 2.45) is 0 Å². The Morgan fingerprint density at radius 1 is 1.21 bits per heavy atom. The van der Waals surface area contributed by atoms with Gasteiger partial charge in [0.05, 0.1) is 11.7 Å². The smallest absolute Gasteiger partial charge is 0.105 e. The van der Waals surface area contributed by atoms with Crippen LogP contribution in [0, 0.1) is 6.92 Å². The number of hydrogen-bond acceptors (Lipinski definition) is 3. The van der Waals surface area contributed by atoms with Crippen LogP contribution in [-0.2, 0) is 6.54 Å². The van der Waals surface area contributed by atoms with E-state index in [2.05, 4.69) is 44.7 Å². The van der Waals surface area contributed by atoms with E-state index in [-0.39, 0.29) is 0 Å². The molecule has 1 aliphatic heterocycles. The summed E-state index contributed by atoms with van der Waals surface area (Å²) in [5, 5.41) is 0. The first-order chi connectivity index (χ1) is 9.34. The summed E-state index contributed by atoms with van der Waals surface area (Å²) >= 11 is 0. The number of imidazole rings is 1. The molecule has 2 aromatic rings. The van der Waals surface area contributed by atoms with Crippen LogP contribution < -0.4 is 0 Å².